The molecule has 0 spiro atoms. The van der Waals surface area contributed by atoms with Crippen LogP contribution < -0.4 is 10.6 Å². The van der Waals surface area contributed by atoms with Gasteiger partial charge in [-0.05, 0) is 38.3 Å². The molecular weight excluding hydrogens is 364 g/mol. The Morgan fingerprint density at radius 1 is 1.31 bits per heavy atom. The highest BCUT2D eigenvalue weighted by Crippen LogP contribution is 2.30. The van der Waals surface area contributed by atoms with Gasteiger partial charge in [-0.3, -0.25) is 9.59 Å². The van der Waals surface area contributed by atoms with Gasteiger partial charge in [0.2, 0.25) is 11.8 Å². The standard InChI is InChI=1S/C18H23F2N3O2.ClH/c1-11(21)15-4-2-3-7-22(15)18(25)12-8-17(24)23(10-12)16-6-5-13(19)9-14(16)20;/h5-6,9,11-12,15H,2-4,7-8,10,21H2,1H3;1H. The number of rotatable bonds is 3. The van der Waals surface area contributed by atoms with E-state index in [2.05, 4.69) is 0 Å². The first-order valence-corrected chi connectivity index (χ1v) is 8.70. The molecule has 26 heavy (non-hydrogen) atoms. The molecule has 8 heteroatoms. The molecule has 144 valence electrons. The number of hydrogen-bond acceptors (Lipinski definition) is 3. The SMILES string of the molecule is CC(N)C1CCCCN1C(=O)C1CC(=O)N(c2ccc(F)cc2F)C1.Cl. The summed E-state index contributed by atoms with van der Waals surface area (Å²) >= 11 is 0. The zero-order valence-electron chi connectivity index (χ0n) is 14.7. The molecule has 2 saturated heterocycles. The average molecular weight is 388 g/mol. The Morgan fingerprint density at radius 2 is 2.04 bits per heavy atom. The Kier molecular flexibility index (Phi) is 6.58. The fourth-order valence-electron chi connectivity index (χ4n) is 3.82. The van der Waals surface area contributed by atoms with E-state index in [4.69, 9.17) is 5.73 Å². The van der Waals surface area contributed by atoms with Crippen LogP contribution >= 0.6 is 12.4 Å². The fourth-order valence-corrected chi connectivity index (χ4v) is 3.82. The van der Waals surface area contributed by atoms with Crippen LogP contribution in [0, 0.1) is 17.6 Å². The molecule has 2 heterocycles. The van der Waals surface area contributed by atoms with E-state index in [9.17, 15) is 18.4 Å². The highest BCUT2D eigenvalue weighted by atomic mass is 35.5. The molecule has 1 aromatic carbocycles. The van der Waals surface area contributed by atoms with E-state index in [-0.39, 0.29) is 55.0 Å². The summed E-state index contributed by atoms with van der Waals surface area (Å²) in [7, 11) is 0. The van der Waals surface area contributed by atoms with Crippen LogP contribution in [0.5, 0.6) is 0 Å². The van der Waals surface area contributed by atoms with Gasteiger partial charge in [-0.15, -0.1) is 12.4 Å². The monoisotopic (exact) mass is 387 g/mol. The van der Waals surface area contributed by atoms with Crippen LogP contribution in [0.1, 0.15) is 32.6 Å². The fraction of sp³-hybridized carbons (Fsp3) is 0.556. The van der Waals surface area contributed by atoms with E-state index in [1.54, 1.807) is 4.90 Å². The van der Waals surface area contributed by atoms with Gasteiger partial charge in [-0.25, -0.2) is 8.78 Å². The molecule has 0 aliphatic carbocycles. The Hall–Kier alpha value is -1.73. The minimum Gasteiger partial charge on any atom is -0.338 e. The third-order valence-corrected chi connectivity index (χ3v) is 5.11. The molecule has 0 radical (unpaired) electrons. The van der Waals surface area contributed by atoms with Crippen LogP contribution in [0.4, 0.5) is 14.5 Å². The number of nitrogens with zero attached hydrogens (tertiary/aromatic N) is 2. The van der Waals surface area contributed by atoms with Crippen molar-refractivity contribution < 1.29 is 18.4 Å². The summed E-state index contributed by atoms with van der Waals surface area (Å²) in [5.74, 6) is -2.43. The van der Waals surface area contributed by atoms with Crippen LogP contribution in [0.2, 0.25) is 0 Å². The van der Waals surface area contributed by atoms with E-state index in [1.807, 2.05) is 6.92 Å². The molecule has 3 unspecified atom stereocenters. The summed E-state index contributed by atoms with van der Waals surface area (Å²) in [5.41, 5.74) is 6.04. The number of carbonyl (C=O) groups is 2. The number of piperidine rings is 1. The van der Waals surface area contributed by atoms with Crippen LogP contribution in [0.25, 0.3) is 0 Å². The van der Waals surface area contributed by atoms with Crippen LogP contribution in [-0.4, -0.2) is 41.9 Å². The second-order valence-corrected chi connectivity index (χ2v) is 6.96. The van der Waals surface area contributed by atoms with Gasteiger partial charge >= 0.3 is 0 Å². The van der Waals surface area contributed by atoms with Crippen molar-refractivity contribution in [1.29, 1.82) is 0 Å². The summed E-state index contributed by atoms with van der Waals surface area (Å²) in [6.07, 6.45) is 2.86. The Labute approximate surface area is 157 Å². The maximum absolute atomic E-state index is 14.0. The lowest BCUT2D eigenvalue weighted by molar-refractivity contribution is -0.139. The number of halogens is 3. The minimum atomic E-state index is -0.798. The Morgan fingerprint density at radius 3 is 2.69 bits per heavy atom. The quantitative estimate of drug-likeness (QED) is 0.866. The van der Waals surface area contributed by atoms with E-state index in [0.29, 0.717) is 6.54 Å². The molecule has 3 atom stereocenters. The summed E-state index contributed by atoms with van der Waals surface area (Å²) in [4.78, 5) is 28.2. The number of carbonyl (C=O) groups excluding carboxylic acids is 2. The molecular formula is C18H24ClF2N3O2. The number of benzene rings is 1. The van der Waals surface area contributed by atoms with Crippen molar-refractivity contribution in [3.05, 3.63) is 29.8 Å². The Balaban J connectivity index is 0.00000243. The van der Waals surface area contributed by atoms with Gasteiger partial charge in [0.1, 0.15) is 11.6 Å². The molecule has 5 nitrogen and oxygen atoms in total. The van der Waals surface area contributed by atoms with Gasteiger partial charge in [-0.1, -0.05) is 0 Å². The summed E-state index contributed by atoms with van der Waals surface area (Å²) in [6, 6.07) is 2.94. The molecule has 1 aromatic rings. The van der Waals surface area contributed by atoms with E-state index in [0.717, 1.165) is 31.4 Å². The zero-order valence-corrected chi connectivity index (χ0v) is 15.5. The maximum atomic E-state index is 14.0. The van der Waals surface area contributed by atoms with Crippen molar-refractivity contribution in [3.63, 3.8) is 0 Å². The van der Waals surface area contributed by atoms with Crippen LogP contribution in [-0.2, 0) is 9.59 Å². The number of nitrogens with two attached hydrogens (primary N) is 1. The second-order valence-electron chi connectivity index (χ2n) is 6.96. The van der Waals surface area contributed by atoms with E-state index in [1.165, 1.54) is 11.0 Å². The first-order chi connectivity index (χ1) is 11.9. The Bertz CT molecular complexity index is 686. The van der Waals surface area contributed by atoms with Crippen molar-refractivity contribution in [2.45, 2.75) is 44.7 Å². The average Bonchev–Trinajstić information content (AvgIpc) is 2.96. The first kappa shape index (κ1) is 20.6. The zero-order chi connectivity index (χ0) is 18.1. The molecule has 2 aliphatic heterocycles. The lowest BCUT2D eigenvalue weighted by atomic mass is 9.94. The summed E-state index contributed by atoms with van der Waals surface area (Å²) < 4.78 is 27.1. The lowest BCUT2D eigenvalue weighted by Crippen LogP contribution is -2.53. The van der Waals surface area contributed by atoms with Gasteiger partial charge in [0.25, 0.3) is 0 Å². The predicted molar refractivity (Wildman–Crippen MR) is 97.1 cm³/mol. The number of hydrogen-bond donors (Lipinski definition) is 1. The van der Waals surface area contributed by atoms with Crippen molar-refractivity contribution in [3.8, 4) is 0 Å². The predicted octanol–water partition coefficient (Wildman–Crippen LogP) is 2.47. The highest BCUT2D eigenvalue weighted by Gasteiger charge is 2.40. The summed E-state index contributed by atoms with van der Waals surface area (Å²) in [5, 5.41) is 0. The van der Waals surface area contributed by atoms with Gasteiger partial charge < -0.3 is 15.5 Å². The van der Waals surface area contributed by atoms with Gasteiger partial charge in [0.15, 0.2) is 0 Å². The number of likely N-dealkylation sites (tertiary alicyclic amines) is 1. The third kappa shape index (κ3) is 3.99. The van der Waals surface area contributed by atoms with Crippen molar-refractivity contribution >= 4 is 29.9 Å². The third-order valence-electron chi connectivity index (χ3n) is 5.11. The molecule has 2 fully saturated rings. The van der Waals surface area contributed by atoms with Crippen molar-refractivity contribution in [1.82, 2.24) is 4.90 Å². The maximum Gasteiger partial charge on any atom is 0.228 e. The van der Waals surface area contributed by atoms with Gasteiger partial charge in [0.05, 0.1) is 11.6 Å². The van der Waals surface area contributed by atoms with Gasteiger partial charge in [-0.2, -0.15) is 0 Å². The van der Waals surface area contributed by atoms with Crippen molar-refractivity contribution in [2.24, 2.45) is 11.7 Å². The molecule has 0 saturated carbocycles. The topological polar surface area (TPSA) is 66.6 Å². The molecule has 2 N–H and O–H groups in total. The van der Waals surface area contributed by atoms with Gasteiger partial charge in [0, 0.05) is 37.7 Å². The largest absolute Gasteiger partial charge is 0.338 e. The molecule has 0 bridgehead atoms. The lowest BCUT2D eigenvalue weighted by Gasteiger charge is -2.39. The molecule has 3 rings (SSSR count). The minimum absolute atomic E-state index is 0. The molecule has 2 aliphatic rings. The normalized spacial score (nSPS) is 24.4. The number of amides is 2. The molecule has 2 amide bonds. The van der Waals surface area contributed by atoms with E-state index < -0.39 is 17.6 Å². The smallest absolute Gasteiger partial charge is 0.228 e. The highest BCUT2D eigenvalue weighted by molar-refractivity contribution is 6.00. The number of anilines is 1. The molecule has 0 aromatic heterocycles. The van der Waals surface area contributed by atoms with Crippen LogP contribution in [0.15, 0.2) is 18.2 Å². The summed E-state index contributed by atoms with van der Waals surface area (Å²) in [6.45, 7) is 2.64. The van der Waals surface area contributed by atoms with E-state index >= 15 is 0 Å². The van der Waals surface area contributed by atoms with Crippen LogP contribution in [0.3, 0.4) is 0 Å². The van der Waals surface area contributed by atoms with Crippen molar-refractivity contribution in [2.75, 3.05) is 18.0 Å². The first-order valence-electron chi connectivity index (χ1n) is 8.70. The second kappa shape index (κ2) is 8.31.